The van der Waals surface area contributed by atoms with Crippen molar-refractivity contribution in [2.75, 3.05) is 16.3 Å². The zero-order chi connectivity index (χ0) is 16.1. The summed E-state index contributed by atoms with van der Waals surface area (Å²) in [6.45, 7) is 0.929. The highest BCUT2D eigenvalue weighted by molar-refractivity contribution is 5.92. The number of dihydropyridines is 1. The maximum Gasteiger partial charge on any atom is 0.142 e. The van der Waals surface area contributed by atoms with E-state index in [2.05, 4.69) is 32.1 Å². The van der Waals surface area contributed by atoms with Gasteiger partial charge < -0.3 is 9.80 Å². The van der Waals surface area contributed by atoms with Crippen LogP contribution in [0, 0.1) is 0 Å². The second kappa shape index (κ2) is 4.07. The molecule has 0 saturated carbocycles. The predicted molar refractivity (Wildman–Crippen MR) is 94.5 cm³/mol. The van der Waals surface area contributed by atoms with Crippen molar-refractivity contribution in [3.63, 3.8) is 0 Å². The number of anilines is 3. The molecule has 2 aromatic rings. The number of rotatable bonds is 0. The summed E-state index contributed by atoms with van der Waals surface area (Å²) >= 11 is 0. The van der Waals surface area contributed by atoms with E-state index in [0.717, 1.165) is 37.4 Å². The predicted octanol–water partition coefficient (Wildman–Crippen LogP) is 2.35. The van der Waals surface area contributed by atoms with Gasteiger partial charge in [0.25, 0.3) is 0 Å². The van der Waals surface area contributed by atoms with Crippen LogP contribution in [-0.4, -0.2) is 39.8 Å². The molecule has 5 aliphatic rings. The molecule has 0 aliphatic carbocycles. The fraction of sp³-hybridized carbons (Fsp3) is 0.368. The van der Waals surface area contributed by atoms with Crippen LogP contribution in [0.2, 0.25) is 0 Å². The highest BCUT2D eigenvalue weighted by atomic mass is 15.4. The van der Waals surface area contributed by atoms with Crippen molar-refractivity contribution < 1.29 is 0 Å². The highest BCUT2D eigenvalue weighted by Gasteiger charge is 2.57. The Bertz CT molecular complexity index is 1010. The molecule has 6 heteroatoms. The SMILES string of the molecule is C1=NCCC2=C1N1c3ncnc4c3C(C1C2)C1Cc2ccncc2N41. The van der Waals surface area contributed by atoms with Crippen molar-refractivity contribution in [1.29, 1.82) is 0 Å². The summed E-state index contributed by atoms with van der Waals surface area (Å²) in [7, 11) is 0. The maximum absolute atomic E-state index is 4.70. The van der Waals surface area contributed by atoms with Gasteiger partial charge in [0.2, 0.25) is 0 Å². The Morgan fingerprint density at radius 2 is 1.92 bits per heavy atom. The summed E-state index contributed by atoms with van der Waals surface area (Å²) in [5.41, 5.74) is 6.82. The summed E-state index contributed by atoms with van der Waals surface area (Å²) in [6, 6.07) is 3.07. The van der Waals surface area contributed by atoms with Gasteiger partial charge in [0.15, 0.2) is 0 Å². The highest BCUT2D eigenvalue weighted by Crippen LogP contribution is 2.61. The van der Waals surface area contributed by atoms with Crippen LogP contribution >= 0.6 is 0 Å². The molecular formula is C19H16N6. The van der Waals surface area contributed by atoms with Crippen molar-refractivity contribution in [1.82, 2.24) is 15.0 Å². The van der Waals surface area contributed by atoms with Gasteiger partial charge in [0, 0.05) is 42.5 Å². The molecule has 7 heterocycles. The fourth-order valence-corrected chi connectivity index (χ4v) is 5.65. The molecule has 5 aliphatic heterocycles. The fourth-order valence-electron chi connectivity index (χ4n) is 5.65. The Morgan fingerprint density at radius 1 is 1.04 bits per heavy atom. The van der Waals surface area contributed by atoms with E-state index in [1.807, 2.05) is 12.4 Å². The van der Waals surface area contributed by atoms with Gasteiger partial charge in [-0.1, -0.05) is 0 Å². The number of aromatic nitrogens is 3. The summed E-state index contributed by atoms with van der Waals surface area (Å²) in [6.07, 6.45) is 11.0. The van der Waals surface area contributed by atoms with E-state index in [1.54, 1.807) is 11.9 Å². The van der Waals surface area contributed by atoms with Gasteiger partial charge in [0.1, 0.15) is 18.0 Å². The van der Waals surface area contributed by atoms with Crippen LogP contribution in [0.15, 0.2) is 41.0 Å². The van der Waals surface area contributed by atoms with Gasteiger partial charge in [-0.05, 0) is 36.5 Å². The van der Waals surface area contributed by atoms with E-state index in [4.69, 9.17) is 9.97 Å². The van der Waals surface area contributed by atoms with E-state index in [-0.39, 0.29) is 0 Å². The maximum atomic E-state index is 4.70. The Labute approximate surface area is 144 Å². The van der Waals surface area contributed by atoms with Gasteiger partial charge in [0.05, 0.1) is 17.6 Å². The molecule has 0 aromatic carbocycles. The van der Waals surface area contributed by atoms with Gasteiger partial charge in [-0.15, -0.1) is 0 Å². The number of allylic oxidation sites excluding steroid dienone is 1. The first kappa shape index (κ1) is 12.6. The van der Waals surface area contributed by atoms with Crippen LogP contribution in [0.3, 0.4) is 0 Å². The molecule has 0 spiro atoms. The third kappa shape index (κ3) is 1.32. The molecule has 122 valence electrons. The largest absolute Gasteiger partial charge is 0.320 e. The van der Waals surface area contributed by atoms with Gasteiger partial charge >= 0.3 is 0 Å². The molecule has 3 atom stereocenters. The topological polar surface area (TPSA) is 57.5 Å². The van der Waals surface area contributed by atoms with Crippen LogP contribution in [0.5, 0.6) is 0 Å². The minimum absolute atomic E-state index is 0.443. The first-order valence-corrected chi connectivity index (χ1v) is 9.00. The molecule has 0 saturated heterocycles. The van der Waals surface area contributed by atoms with Crippen LogP contribution in [0.4, 0.5) is 17.3 Å². The van der Waals surface area contributed by atoms with Crippen LogP contribution in [0.1, 0.15) is 29.9 Å². The first-order chi connectivity index (χ1) is 12.4. The number of nitrogens with zero attached hydrogens (tertiary/aromatic N) is 6. The van der Waals surface area contributed by atoms with Crippen molar-refractivity contribution in [2.45, 2.75) is 37.3 Å². The number of aliphatic imine (C=N–C) groups is 1. The second-order valence-electron chi connectivity index (χ2n) is 7.52. The summed E-state index contributed by atoms with van der Waals surface area (Å²) in [4.78, 5) is 23.2. The molecule has 0 radical (unpaired) electrons. The van der Waals surface area contributed by atoms with Crippen LogP contribution < -0.4 is 9.80 Å². The van der Waals surface area contributed by atoms with Gasteiger partial charge in [-0.3, -0.25) is 9.98 Å². The smallest absolute Gasteiger partial charge is 0.142 e. The van der Waals surface area contributed by atoms with Crippen molar-refractivity contribution in [3.8, 4) is 0 Å². The van der Waals surface area contributed by atoms with E-state index >= 15 is 0 Å². The number of fused-ring (bicyclic) bond motifs is 9. The van der Waals surface area contributed by atoms with E-state index < -0.39 is 0 Å². The lowest BCUT2D eigenvalue weighted by Crippen LogP contribution is -2.38. The molecular weight excluding hydrogens is 312 g/mol. The summed E-state index contributed by atoms with van der Waals surface area (Å²) < 4.78 is 0. The minimum Gasteiger partial charge on any atom is -0.320 e. The molecule has 7 rings (SSSR count). The lowest BCUT2D eigenvalue weighted by atomic mass is 9.87. The Morgan fingerprint density at radius 3 is 2.88 bits per heavy atom. The van der Waals surface area contributed by atoms with Crippen molar-refractivity contribution in [3.05, 3.63) is 47.2 Å². The van der Waals surface area contributed by atoms with E-state index in [1.165, 1.54) is 22.5 Å². The van der Waals surface area contributed by atoms with Crippen LogP contribution in [0.25, 0.3) is 0 Å². The number of hydrogen-bond donors (Lipinski definition) is 0. The average Bonchev–Trinajstić information content (AvgIpc) is 3.35. The lowest BCUT2D eigenvalue weighted by molar-refractivity contribution is 0.498. The van der Waals surface area contributed by atoms with Crippen molar-refractivity contribution in [2.24, 2.45) is 4.99 Å². The molecule has 0 fully saturated rings. The van der Waals surface area contributed by atoms with Gasteiger partial charge in [-0.25, -0.2) is 9.97 Å². The monoisotopic (exact) mass is 328 g/mol. The molecule has 0 N–H and O–H groups in total. The Kier molecular flexibility index (Phi) is 2.05. The zero-order valence-electron chi connectivity index (χ0n) is 13.6. The third-order valence-corrected chi connectivity index (χ3v) is 6.53. The number of hydrogen-bond acceptors (Lipinski definition) is 6. The lowest BCUT2D eigenvalue weighted by Gasteiger charge is -2.29. The average molecular weight is 328 g/mol. The number of pyridine rings is 1. The molecule has 3 unspecified atom stereocenters. The third-order valence-electron chi connectivity index (χ3n) is 6.53. The summed E-state index contributed by atoms with van der Waals surface area (Å²) in [5, 5.41) is 0. The van der Waals surface area contributed by atoms with E-state index in [0.29, 0.717) is 18.0 Å². The van der Waals surface area contributed by atoms with Crippen LogP contribution in [-0.2, 0) is 6.42 Å². The Balaban J connectivity index is 1.45. The standard InChI is InChI=1S/C19H16N6/c1-3-20-7-14-10(1)5-12-16-13-6-11-2-4-21-8-15(11)25(13)19-17(16)18(24(12)14)22-9-23-19/h1,3,7-9,12-13,16H,2,4-6H2. The minimum atomic E-state index is 0.443. The second-order valence-corrected chi connectivity index (χ2v) is 7.52. The van der Waals surface area contributed by atoms with E-state index in [9.17, 15) is 0 Å². The zero-order valence-corrected chi connectivity index (χ0v) is 13.6. The molecule has 2 aromatic heterocycles. The summed E-state index contributed by atoms with van der Waals surface area (Å²) in [5.74, 6) is 2.67. The molecule has 25 heavy (non-hydrogen) atoms. The molecule has 0 amide bonds. The van der Waals surface area contributed by atoms with Crippen molar-refractivity contribution >= 4 is 23.5 Å². The first-order valence-electron chi connectivity index (χ1n) is 9.00. The normalized spacial score (nSPS) is 29.7. The molecule has 6 nitrogen and oxygen atoms in total. The molecule has 0 bridgehead atoms. The van der Waals surface area contributed by atoms with Gasteiger partial charge in [-0.2, -0.15) is 0 Å². The quantitative estimate of drug-likeness (QED) is 0.743. The Hall–Kier alpha value is -2.76.